The molecule has 1 fully saturated rings. The summed E-state index contributed by atoms with van der Waals surface area (Å²) >= 11 is 0. The fourth-order valence-corrected chi connectivity index (χ4v) is 2.50. The number of piperidine rings is 1. The van der Waals surface area contributed by atoms with Crippen molar-refractivity contribution < 1.29 is 13.5 Å². The second kappa shape index (κ2) is 5.51. The Hall–Kier alpha value is -1.83. The van der Waals surface area contributed by atoms with Crippen molar-refractivity contribution >= 4 is 17.0 Å². The summed E-state index contributed by atoms with van der Waals surface area (Å²) in [7, 11) is 1.63. The number of alkyl halides is 2. The maximum atomic E-state index is 13.3. The van der Waals surface area contributed by atoms with E-state index in [1.54, 1.807) is 13.4 Å². The van der Waals surface area contributed by atoms with E-state index >= 15 is 0 Å². The molecular formula is C13H17F2N5O. The highest BCUT2D eigenvalue weighted by Gasteiger charge is 2.35. The minimum atomic E-state index is -2.57. The number of rotatable bonds is 4. The van der Waals surface area contributed by atoms with Gasteiger partial charge in [-0.25, -0.2) is 23.7 Å². The number of methoxy groups -OCH3 is 1. The number of hydrogen-bond acceptors (Lipinski definition) is 5. The summed E-state index contributed by atoms with van der Waals surface area (Å²) in [5.41, 5.74) is 1.35. The average molecular weight is 297 g/mol. The lowest BCUT2D eigenvalue weighted by atomic mass is 10.1. The molecule has 6 nitrogen and oxygen atoms in total. The van der Waals surface area contributed by atoms with Crippen molar-refractivity contribution in [1.82, 2.24) is 19.5 Å². The molecular weight excluding hydrogens is 280 g/mol. The topological polar surface area (TPSA) is 56.1 Å². The number of halogens is 2. The van der Waals surface area contributed by atoms with Gasteiger partial charge in [0.25, 0.3) is 5.92 Å². The van der Waals surface area contributed by atoms with Crippen molar-refractivity contribution in [3.63, 3.8) is 0 Å². The van der Waals surface area contributed by atoms with Crippen molar-refractivity contribution in [2.75, 3.05) is 31.7 Å². The molecule has 2 aromatic rings. The first-order valence-electron chi connectivity index (χ1n) is 6.88. The maximum absolute atomic E-state index is 13.3. The summed E-state index contributed by atoms with van der Waals surface area (Å²) in [4.78, 5) is 14.7. The molecule has 0 aliphatic carbocycles. The number of fused-ring (bicyclic) bond motifs is 1. The molecule has 8 heteroatoms. The molecule has 3 rings (SSSR count). The van der Waals surface area contributed by atoms with Crippen LogP contribution in [0.5, 0.6) is 0 Å². The van der Waals surface area contributed by atoms with E-state index in [0.29, 0.717) is 30.1 Å². The van der Waals surface area contributed by atoms with Crippen LogP contribution in [0.15, 0.2) is 12.7 Å². The number of imidazole rings is 1. The Morgan fingerprint density at radius 2 is 2.00 bits per heavy atom. The van der Waals surface area contributed by atoms with Crippen molar-refractivity contribution in [1.29, 1.82) is 0 Å². The highest BCUT2D eigenvalue weighted by molar-refractivity contribution is 5.83. The van der Waals surface area contributed by atoms with Gasteiger partial charge < -0.3 is 14.2 Å². The van der Waals surface area contributed by atoms with E-state index in [-0.39, 0.29) is 25.9 Å². The summed E-state index contributed by atoms with van der Waals surface area (Å²) < 4.78 is 33.4. The monoisotopic (exact) mass is 297 g/mol. The molecule has 0 bridgehead atoms. The first-order valence-corrected chi connectivity index (χ1v) is 6.88. The van der Waals surface area contributed by atoms with Gasteiger partial charge in [-0.15, -0.1) is 0 Å². The van der Waals surface area contributed by atoms with Crippen LogP contribution in [0.1, 0.15) is 12.8 Å². The Balaban J connectivity index is 1.88. The molecule has 0 amide bonds. The van der Waals surface area contributed by atoms with Crippen LogP contribution < -0.4 is 4.90 Å². The Morgan fingerprint density at radius 3 is 2.71 bits per heavy atom. The third kappa shape index (κ3) is 2.80. The van der Waals surface area contributed by atoms with Gasteiger partial charge in [-0.05, 0) is 0 Å². The fraction of sp³-hybridized carbons (Fsp3) is 0.615. The van der Waals surface area contributed by atoms with Crippen LogP contribution in [0.3, 0.4) is 0 Å². The molecule has 1 saturated heterocycles. The van der Waals surface area contributed by atoms with Gasteiger partial charge in [0.15, 0.2) is 17.0 Å². The van der Waals surface area contributed by atoms with Crippen LogP contribution in [0.25, 0.3) is 11.2 Å². The standard InChI is InChI=1S/C13H17F2N5O/c1-21-7-6-20-9-18-10-11(16-8-17-12(10)20)19-4-2-13(14,15)3-5-19/h8-9H,2-7H2,1H3. The Labute approximate surface area is 120 Å². The van der Waals surface area contributed by atoms with E-state index in [2.05, 4.69) is 15.0 Å². The first-order chi connectivity index (χ1) is 10.1. The van der Waals surface area contributed by atoms with E-state index in [1.165, 1.54) is 6.33 Å². The minimum Gasteiger partial charge on any atom is -0.383 e. The van der Waals surface area contributed by atoms with Gasteiger partial charge in [0, 0.05) is 39.6 Å². The summed E-state index contributed by atoms with van der Waals surface area (Å²) in [6.45, 7) is 1.76. The molecule has 0 atom stereocenters. The van der Waals surface area contributed by atoms with E-state index in [9.17, 15) is 8.78 Å². The predicted molar refractivity (Wildman–Crippen MR) is 73.6 cm³/mol. The van der Waals surface area contributed by atoms with Crippen LogP contribution in [0, 0.1) is 0 Å². The number of hydrogen-bond donors (Lipinski definition) is 0. The number of ether oxygens (including phenoxy) is 1. The van der Waals surface area contributed by atoms with Crippen LogP contribution in [0.4, 0.5) is 14.6 Å². The minimum absolute atomic E-state index is 0.150. The molecule has 2 aromatic heterocycles. The Morgan fingerprint density at radius 1 is 1.24 bits per heavy atom. The zero-order valence-electron chi connectivity index (χ0n) is 11.8. The van der Waals surface area contributed by atoms with Gasteiger partial charge in [-0.1, -0.05) is 0 Å². The smallest absolute Gasteiger partial charge is 0.251 e. The van der Waals surface area contributed by atoms with Crippen molar-refractivity contribution in [2.24, 2.45) is 0 Å². The van der Waals surface area contributed by atoms with Gasteiger partial charge in [-0.3, -0.25) is 0 Å². The van der Waals surface area contributed by atoms with Gasteiger partial charge >= 0.3 is 0 Å². The molecule has 0 spiro atoms. The van der Waals surface area contributed by atoms with Crippen LogP contribution >= 0.6 is 0 Å². The molecule has 0 unspecified atom stereocenters. The lowest BCUT2D eigenvalue weighted by molar-refractivity contribution is -0.0221. The Kier molecular flexibility index (Phi) is 3.71. The molecule has 0 radical (unpaired) electrons. The van der Waals surface area contributed by atoms with E-state index in [0.717, 1.165) is 0 Å². The highest BCUT2D eigenvalue weighted by Crippen LogP contribution is 2.31. The van der Waals surface area contributed by atoms with Crippen LogP contribution in [-0.2, 0) is 11.3 Å². The SMILES string of the molecule is COCCn1cnc2c(N3CCC(F)(F)CC3)ncnc21. The largest absolute Gasteiger partial charge is 0.383 e. The second-order valence-electron chi connectivity index (χ2n) is 5.14. The van der Waals surface area contributed by atoms with Gasteiger partial charge in [0.2, 0.25) is 0 Å². The lowest BCUT2D eigenvalue weighted by Crippen LogP contribution is -2.39. The van der Waals surface area contributed by atoms with Crippen LogP contribution in [-0.4, -0.2) is 52.2 Å². The van der Waals surface area contributed by atoms with Gasteiger partial charge in [0.05, 0.1) is 12.9 Å². The molecule has 21 heavy (non-hydrogen) atoms. The van der Waals surface area contributed by atoms with Crippen molar-refractivity contribution in [3.8, 4) is 0 Å². The van der Waals surface area contributed by atoms with Crippen molar-refractivity contribution in [2.45, 2.75) is 25.3 Å². The summed E-state index contributed by atoms with van der Waals surface area (Å²) in [6, 6.07) is 0. The molecule has 114 valence electrons. The molecule has 0 aromatic carbocycles. The summed E-state index contributed by atoms with van der Waals surface area (Å²) in [5.74, 6) is -1.94. The zero-order chi connectivity index (χ0) is 14.9. The second-order valence-corrected chi connectivity index (χ2v) is 5.14. The van der Waals surface area contributed by atoms with E-state index in [1.807, 2.05) is 9.47 Å². The quantitative estimate of drug-likeness (QED) is 0.860. The number of anilines is 1. The van der Waals surface area contributed by atoms with Crippen molar-refractivity contribution in [3.05, 3.63) is 12.7 Å². The fourth-order valence-electron chi connectivity index (χ4n) is 2.50. The molecule has 0 saturated carbocycles. The normalized spacial score (nSPS) is 18.3. The lowest BCUT2D eigenvalue weighted by Gasteiger charge is -2.32. The molecule has 1 aliphatic heterocycles. The third-order valence-electron chi connectivity index (χ3n) is 3.71. The molecule has 1 aliphatic rings. The maximum Gasteiger partial charge on any atom is 0.251 e. The number of aromatic nitrogens is 4. The van der Waals surface area contributed by atoms with E-state index < -0.39 is 5.92 Å². The molecule has 3 heterocycles. The average Bonchev–Trinajstić information content (AvgIpc) is 2.88. The van der Waals surface area contributed by atoms with Gasteiger partial charge in [0.1, 0.15) is 6.33 Å². The summed E-state index contributed by atoms with van der Waals surface area (Å²) in [6.07, 6.45) is 2.83. The predicted octanol–water partition coefficient (Wildman–Crippen LogP) is 1.71. The Bertz CT molecular complexity index is 620. The first kappa shape index (κ1) is 14.1. The third-order valence-corrected chi connectivity index (χ3v) is 3.71. The van der Waals surface area contributed by atoms with Gasteiger partial charge in [-0.2, -0.15) is 0 Å². The van der Waals surface area contributed by atoms with E-state index in [4.69, 9.17) is 4.74 Å². The zero-order valence-corrected chi connectivity index (χ0v) is 11.8. The molecule has 0 N–H and O–H groups in total. The number of nitrogens with zero attached hydrogens (tertiary/aromatic N) is 5. The van der Waals surface area contributed by atoms with Crippen LogP contribution in [0.2, 0.25) is 0 Å². The highest BCUT2D eigenvalue weighted by atomic mass is 19.3. The summed E-state index contributed by atoms with van der Waals surface area (Å²) in [5, 5.41) is 0.